The van der Waals surface area contributed by atoms with E-state index in [4.69, 9.17) is 4.74 Å². The highest BCUT2D eigenvalue weighted by Crippen LogP contribution is 2.29. The van der Waals surface area contributed by atoms with Gasteiger partial charge in [0, 0.05) is 39.3 Å². The molecule has 126 valence electrons. The minimum atomic E-state index is 0.0402. The third kappa shape index (κ3) is 4.45. The van der Waals surface area contributed by atoms with Gasteiger partial charge in [0.25, 0.3) is 0 Å². The molecule has 5 heteroatoms. The SMILES string of the molecule is COCCNC(=O)N1CCN(C2CC2)CC1Cc1ccccc1. The quantitative estimate of drug-likeness (QED) is 0.813. The molecule has 2 aliphatic rings. The van der Waals surface area contributed by atoms with Gasteiger partial charge >= 0.3 is 6.03 Å². The second-order valence-corrected chi connectivity index (χ2v) is 6.49. The highest BCUT2D eigenvalue weighted by molar-refractivity contribution is 5.74. The standard InChI is InChI=1S/C18H27N3O2/c1-23-12-9-19-18(22)21-11-10-20(16-7-8-16)14-17(21)13-15-5-3-2-4-6-15/h2-6,16-17H,7-14H2,1H3,(H,19,22). The van der Waals surface area contributed by atoms with E-state index in [-0.39, 0.29) is 12.1 Å². The lowest BCUT2D eigenvalue weighted by Crippen LogP contribution is -2.58. The lowest BCUT2D eigenvalue weighted by molar-refractivity contribution is 0.0880. The Balaban J connectivity index is 1.64. The molecule has 5 nitrogen and oxygen atoms in total. The molecule has 1 atom stereocenters. The van der Waals surface area contributed by atoms with E-state index in [9.17, 15) is 4.79 Å². The number of ether oxygens (including phenoxy) is 1. The lowest BCUT2D eigenvalue weighted by Gasteiger charge is -2.41. The van der Waals surface area contributed by atoms with Crippen molar-refractivity contribution in [3.05, 3.63) is 35.9 Å². The number of piperazine rings is 1. The molecular weight excluding hydrogens is 290 g/mol. The molecule has 1 aliphatic heterocycles. The summed E-state index contributed by atoms with van der Waals surface area (Å²) < 4.78 is 5.02. The Morgan fingerprint density at radius 2 is 2.04 bits per heavy atom. The van der Waals surface area contributed by atoms with Gasteiger partial charge in [-0.15, -0.1) is 0 Å². The first-order chi connectivity index (χ1) is 11.3. The summed E-state index contributed by atoms with van der Waals surface area (Å²) in [6.07, 6.45) is 3.55. The number of urea groups is 1. The van der Waals surface area contributed by atoms with Gasteiger partial charge in [0.2, 0.25) is 0 Å². The Morgan fingerprint density at radius 1 is 1.26 bits per heavy atom. The first kappa shape index (κ1) is 16.3. The fourth-order valence-corrected chi connectivity index (χ4v) is 3.34. The zero-order chi connectivity index (χ0) is 16.1. The van der Waals surface area contributed by atoms with Gasteiger partial charge in [0.1, 0.15) is 0 Å². The second-order valence-electron chi connectivity index (χ2n) is 6.49. The van der Waals surface area contributed by atoms with Crippen molar-refractivity contribution in [1.29, 1.82) is 0 Å². The van der Waals surface area contributed by atoms with Crippen LogP contribution in [0.15, 0.2) is 30.3 Å². The number of carbonyl (C=O) groups is 1. The molecule has 1 N–H and O–H groups in total. The maximum atomic E-state index is 12.5. The van der Waals surface area contributed by atoms with Crippen LogP contribution in [-0.4, -0.2) is 67.8 Å². The van der Waals surface area contributed by atoms with Gasteiger partial charge in [0.05, 0.1) is 12.6 Å². The van der Waals surface area contributed by atoms with E-state index in [0.717, 1.165) is 32.1 Å². The summed E-state index contributed by atoms with van der Waals surface area (Å²) in [5.74, 6) is 0. The highest BCUT2D eigenvalue weighted by Gasteiger charge is 2.37. The van der Waals surface area contributed by atoms with Gasteiger partial charge in [-0.1, -0.05) is 30.3 Å². The van der Waals surface area contributed by atoms with Crippen molar-refractivity contribution in [3.8, 4) is 0 Å². The third-order valence-electron chi connectivity index (χ3n) is 4.73. The molecule has 2 fully saturated rings. The van der Waals surface area contributed by atoms with Crippen molar-refractivity contribution >= 4 is 6.03 Å². The predicted octanol–water partition coefficient (Wildman–Crippen LogP) is 1.73. The summed E-state index contributed by atoms with van der Waals surface area (Å²) >= 11 is 0. The fraction of sp³-hybridized carbons (Fsp3) is 0.611. The highest BCUT2D eigenvalue weighted by atomic mass is 16.5. The van der Waals surface area contributed by atoms with Crippen LogP contribution >= 0.6 is 0 Å². The van der Waals surface area contributed by atoms with E-state index in [2.05, 4.69) is 34.5 Å². The summed E-state index contributed by atoms with van der Waals surface area (Å²) in [5, 5.41) is 2.97. The second kappa shape index (κ2) is 7.79. The number of hydrogen-bond donors (Lipinski definition) is 1. The summed E-state index contributed by atoms with van der Waals surface area (Å²) in [7, 11) is 1.65. The summed E-state index contributed by atoms with van der Waals surface area (Å²) in [6.45, 7) is 3.91. The number of nitrogens with zero attached hydrogens (tertiary/aromatic N) is 2. The lowest BCUT2D eigenvalue weighted by atomic mass is 10.0. The van der Waals surface area contributed by atoms with Gasteiger partial charge in [-0.05, 0) is 24.8 Å². The van der Waals surface area contributed by atoms with E-state index >= 15 is 0 Å². The zero-order valence-corrected chi connectivity index (χ0v) is 13.9. The summed E-state index contributed by atoms with van der Waals surface area (Å²) in [6, 6.07) is 11.5. The van der Waals surface area contributed by atoms with Crippen LogP contribution in [0, 0.1) is 0 Å². The molecule has 1 saturated carbocycles. The van der Waals surface area contributed by atoms with Crippen molar-refractivity contribution < 1.29 is 9.53 Å². The predicted molar refractivity (Wildman–Crippen MR) is 90.5 cm³/mol. The van der Waals surface area contributed by atoms with Gasteiger partial charge < -0.3 is 15.0 Å². The number of carbonyl (C=O) groups excluding carboxylic acids is 1. The maximum Gasteiger partial charge on any atom is 0.317 e. The molecular formula is C18H27N3O2. The number of benzene rings is 1. The molecule has 1 saturated heterocycles. The maximum absolute atomic E-state index is 12.5. The van der Waals surface area contributed by atoms with Gasteiger partial charge in [-0.3, -0.25) is 4.90 Å². The van der Waals surface area contributed by atoms with Crippen molar-refractivity contribution in [2.24, 2.45) is 0 Å². The number of nitrogens with one attached hydrogen (secondary N) is 1. The van der Waals surface area contributed by atoms with Crippen LogP contribution in [-0.2, 0) is 11.2 Å². The molecule has 1 aromatic rings. The average molecular weight is 317 g/mol. The minimum absolute atomic E-state index is 0.0402. The average Bonchev–Trinajstić information content (AvgIpc) is 3.41. The molecule has 1 unspecified atom stereocenters. The van der Waals surface area contributed by atoms with Gasteiger partial charge in [0.15, 0.2) is 0 Å². The first-order valence-corrected chi connectivity index (χ1v) is 8.59. The molecule has 23 heavy (non-hydrogen) atoms. The van der Waals surface area contributed by atoms with Crippen molar-refractivity contribution in [2.45, 2.75) is 31.3 Å². The van der Waals surface area contributed by atoms with Crippen LogP contribution in [0.5, 0.6) is 0 Å². The first-order valence-electron chi connectivity index (χ1n) is 8.59. The fourth-order valence-electron chi connectivity index (χ4n) is 3.34. The van der Waals surface area contributed by atoms with Gasteiger partial charge in [-0.25, -0.2) is 4.79 Å². The number of rotatable bonds is 6. The Labute approximate surface area is 138 Å². The Hall–Kier alpha value is -1.59. The molecule has 0 radical (unpaired) electrons. The Bertz CT molecular complexity index is 504. The normalized spacial score (nSPS) is 22.1. The van der Waals surface area contributed by atoms with E-state index in [1.54, 1.807) is 7.11 Å². The molecule has 0 bridgehead atoms. The van der Waals surface area contributed by atoms with Crippen molar-refractivity contribution in [2.75, 3.05) is 39.9 Å². The van der Waals surface area contributed by atoms with Crippen LogP contribution in [0.1, 0.15) is 18.4 Å². The van der Waals surface area contributed by atoms with E-state index in [0.29, 0.717) is 13.2 Å². The largest absolute Gasteiger partial charge is 0.383 e. The Morgan fingerprint density at radius 3 is 2.74 bits per heavy atom. The minimum Gasteiger partial charge on any atom is -0.383 e. The smallest absolute Gasteiger partial charge is 0.317 e. The van der Waals surface area contributed by atoms with Crippen LogP contribution in [0.2, 0.25) is 0 Å². The van der Waals surface area contributed by atoms with Crippen molar-refractivity contribution in [3.63, 3.8) is 0 Å². The summed E-state index contributed by atoms with van der Waals surface area (Å²) in [4.78, 5) is 17.1. The van der Waals surface area contributed by atoms with Gasteiger partial charge in [-0.2, -0.15) is 0 Å². The number of amides is 2. The Kier molecular flexibility index (Phi) is 5.51. The number of hydrogen-bond acceptors (Lipinski definition) is 3. The molecule has 0 aromatic heterocycles. The molecule has 0 spiro atoms. The molecule has 1 aliphatic carbocycles. The topological polar surface area (TPSA) is 44.8 Å². The van der Waals surface area contributed by atoms with Crippen LogP contribution in [0.3, 0.4) is 0 Å². The monoisotopic (exact) mass is 317 g/mol. The molecule has 1 aromatic carbocycles. The molecule has 3 rings (SSSR count). The summed E-state index contributed by atoms with van der Waals surface area (Å²) in [5.41, 5.74) is 1.30. The van der Waals surface area contributed by atoms with E-state index < -0.39 is 0 Å². The van der Waals surface area contributed by atoms with Crippen molar-refractivity contribution in [1.82, 2.24) is 15.1 Å². The number of methoxy groups -OCH3 is 1. The molecule has 2 amide bonds. The van der Waals surface area contributed by atoms with E-state index in [1.807, 2.05) is 11.0 Å². The van der Waals surface area contributed by atoms with Crippen LogP contribution in [0.25, 0.3) is 0 Å². The zero-order valence-electron chi connectivity index (χ0n) is 13.9. The van der Waals surface area contributed by atoms with E-state index in [1.165, 1.54) is 18.4 Å². The third-order valence-corrected chi connectivity index (χ3v) is 4.73. The van der Waals surface area contributed by atoms with Crippen LogP contribution < -0.4 is 5.32 Å². The van der Waals surface area contributed by atoms with Crippen LogP contribution in [0.4, 0.5) is 4.79 Å². The molecule has 1 heterocycles.